The molecule has 0 atom stereocenters. The summed E-state index contributed by atoms with van der Waals surface area (Å²) < 4.78 is 13.5. The maximum atomic E-state index is 13.5. The van der Waals surface area contributed by atoms with Gasteiger partial charge in [-0.2, -0.15) is 0 Å². The second-order valence-electron chi connectivity index (χ2n) is 4.24. The quantitative estimate of drug-likeness (QED) is 0.892. The van der Waals surface area contributed by atoms with Crippen LogP contribution in [-0.2, 0) is 6.54 Å². The van der Waals surface area contributed by atoms with Crippen LogP contribution >= 0.6 is 11.8 Å². The first-order valence-electron chi connectivity index (χ1n) is 5.86. The lowest BCUT2D eigenvalue weighted by molar-refractivity contribution is 0.619. The van der Waals surface area contributed by atoms with Crippen molar-refractivity contribution >= 4 is 11.8 Å². The minimum absolute atomic E-state index is 0.182. The van der Waals surface area contributed by atoms with Crippen molar-refractivity contribution in [2.24, 2.45) is 0 Å². The maximum absolute atomic E-state index is 13.5. The minimum Gasteiger partial charge on any atom is -0.316 e. The van der Waals surface area contributed by atoms with E-state index in [1.165, 1.54) is 5.56 Å². The largest absolute Gasteiger partial charge is 0.316 e. The summed E-state index contributed by atoms with van der Waals surface area (Å²) in [5.41, 5.74) is 2.18. The highest BCUT2D eigenvalue weighted by atomic mass is 32.2. The summed E-state index contributed by atoms with van der Waals surface area (Å²) in [6.07, 6.45) is 0. The average Bonchev–Trinajstić information content (AvgIpc) is 2.28. The van der Waals surface area contributed by atoms with Crippen LogP contribution in [0.5, 0.6) is 0 Å². The first-order valence-corrected chi connectivity index (χ1v) is 6.67. The third kappa shape index (κ3) is 3.59. The Morgan fingerprint density at radius 3 is 2.67 bits per heavy atom. The van der Waals surface area contributed by atoms with Crippen LogP contribution in [0.15, 0.2) is 52.3 Å². The number of benzene rings is 2. The molecular formula is C15H16FNS. The van der Waals surface area contributed by atoms with Crippen LogP contribution < -0.4 is 5.32 Å². The van der Waals surface area contributed by atoms with Crippen LogP contribution in [0.25, 0.3) is 0 Å². The monoisotopic (exact) mass is 261 g/mol. The topological polar surface area (TPSA) is 12.0 Å². The van der Waals surface area contributed by atoms with Crippen molar-refractivity contribution in [2.75, 3.05) is 7.05 Å². The highest BCUT2D eigenvalue weighted by Crippen LogP contribution is 2.29. The fourth-order valence-electron chi connectivity index (χ4n) is 1.80. The van der Waals surface area contributed by atoms with Crippen LogP contribution in [0.4, 0.5) is 4.39 Å². The van der Waals surface area contributed by atoms with Gasteiger partial charge in [0, 0.05) is 16.3 Å². The van der Waals surface area contributed by atoms with Gasteiger partial charge in [0.15, 0.2) is 0 Å². The van der Waals surface area contributed by atoms with Gasteiger partial charge in [-0.25, -0.2) is 4.39 Å². The van der Waals surface area contributed by atoms with Crippen LogP contribution in [0.3, 0.4) is 0 Å². The van der Waals surface area contributed by atoms with Crippen molar-refractivity contribution in [1.82, 2.24) is 5.32 Å². The summed E-state index contributed by atoms with van der Waals surface area (Å²) in [4.78, 5) is 2.07. The van der Waals surface area contributed by atoms with E-state index >= 15 is 0 Å². The zero-order valence-corrected chi connectivity index (χ0v) is 11.4. The molecule has 0 saturated heterocycles. The van der Waals surface area contributed by atoms with E-state index < -0.39 is 0 Å². The number of hydrogen-bond acceptors (Lipinski definition) is 2. The van der Waals surface area contributed by atoms with Crippen LogP contribution in [0.2, 0.25) is 0 Å². The van der Waals surface area contributed by atoms with Gasteiger partial charge < -0.3 is 5.32 Å². The van der Waals surface area contributed by atoms with E-state index in [0.717, 1.165) is 15.4 Å². The molecule has 2 aromatic carbocycles. The zero-order valence-electron chi connectivity index (χ0n) is 10.5. The summed E-state index contributed by atoms with van der Waals surface area (Å²) in [6, 6.07) is 13.4. The predicted molar refractivity (Wildman–Crippen MR) is 74.5 cm³/mol. The van der Waals surface area contributed by atoms with Gasteiger partial charge in [0.25, 0.3) is 0 Å². The smallest absolute Gasteiger partial charge is 0.124 e. The lowest BCUT2D eigenvalue weighted by Gasteiger charge is -2.06. The van der Waals surface area contributed by atoms with Crippen LogP contribution in [-0.4, -0.2) is 7.05 Å². The number of nitrogens with one attached hydrogen (secondary N) is 1. The number of hydrogen-bond donors (Lipinski definition) is 1. The molecule has 0 spiro atoms. The summed E-state index contributed by atoms with van der Waals surface area (Å²) in [5, 5.41) is 3.04. The first-order chi connectivity index (χ1) is 8.67. The standard InChI is InChI=1S/C15H16FNS/c1-11-4-3-5-14(6-11)18-15-8-12(10-17-2)7-13(16)9-15/h3-9,17H,10H2,1-2H3. The van der Waals surface area contributed by atoms with Gasteiger partial charge in [0.1, 0.15) is 5.82 Å². The lowest BCUT2D eigenvalue weighted by atomic mass is 10.2. The molecule has 3 heteroatoms. The Hall–Kier alpha value is -1.32. The molecular weight excluding hydrogens is 245 g/mol. The van der Waals surface area contributed by atoms with Gasteiger partial charge in [-0.3, -0.25) is 0 Å². The summed E-state index contributed by atoms with van der Waals surface area (Å²) >= 11 is 1.59. The molecule has 0 saturated carbocycles. The molecule has 0 bridgehead atoms. The molecule has 0 radical (unpaired) electrons. The summed E-state index contributed by atoms with van der Waals surface area (Å²) in [6.45, 7) is 2.74. The van der Waals surface area contributed by atoms with Gasteiger partial charge in [0.2, 0.25) is 0 Å². The van der Waals surface area contributed by atoms with E-state index in [2.05, 4.69) is 24.4 Å². The third-order valence-corrected chi connectivity index (χ3v) is 3.50. The predicted octanol–water partition coefficient (Wildman–Crippen LogP) is 4.00. The van der Waals surface area contributed by atoms with E-state index in [4.69, 9.17) is 0 Å². The molecule has 2 rings (SSSR count). The number of aryl methyl sites for hydroxylation is 1. The molecule has 0 aliphatic rings. The van der Waals surface area contributed by atoms with Crippen LogP contribution in [0.1, 0.15) is 11.1 Å². The molecule has 94 valence electrons. The Bertz CT molecular complexity index is 540. The molecule has 18 heavy (non-hydrogen) atoms. The molecule has 0 aliphatic carbocycles. The Balaban J connectivity index is 2.23. The molecule has 1 nitrogen and oxygen atoms in total. The maximum Gasteiger partial charge on any atom is 0.124 e. The molecule has 0 aromatic heterocycles. The Morgan fingerprint density at radius 2 is 1.94 bits per heavy atom. The molecule has 0 amide bonds. The van der Waals surface area contributed by atoms with E-state index in [1.807, 2.05) is 25.2 Å². The average molecular weight is 261 g/mol. The fourth-order valence-corrected chi connectivity index (χ4v) is 2.85. The van der Waals surface area contributed by atoms with E-state index in [9.17, 15) is 4.39 Å². The van der Waals surface area contributed by atoms with Gasteiger partial charge in [-0.15, -0.1) is 0 Å². The fraction of sp³-hybridized carbons (Fsp3) is 0.200. The van der Waals surface area contributed by atoms with Crippen molar-refractivity contribution < 1.29 is 4.39 Å². The second-order valence-corrected chi connectivity index (χ2v) is 5.39. The summed E-state index contributed by atoms with van der Waals surface area (Å²) in [7, 11) is 1.86. The van der Waals surface area contributed by atoms with Crippen LogP contribution in [0, 0.1) is 12.7 Å². The Morgan fingerprint density at radius 1 is 1.11 bits per heavy atom. The number of rotatable bonds is 4. The van der Waals surface area contributed by atoms with Crippen molar-refractivity contribution in [1.29, 1.82) is 0 Å². The lowest BCUT2D eigenvalue weighted by Crippen LogP contribution is -2.05. The first kappa shape index (κ1) is 13.1. The second kappa shape index (κ2) is 6.03. The van der Waals surface area contributed by atoms with E-state index in [0.29, 0.717) is 6.54 Å². The van der Waals surface area contributed by atoms with E-state index in [1.54, 1.807) is 23.9 Å². The molecule has 2 aromatic rings. The Labute approximate surface area is 111 Å². The molecule has 0 heterocycles. The summed E-state index contributed by atoms with van der Waals surface area (Å²) in [5.74, 6) is -0.182. The third-order valence-electron chi connectivity index (χ3n) is 2.54. The highest BCUT2D eigenvalue weighted by molar-refractivity contribution is 7.99. The Kier molecular flexibility index (Phi) is 4.39. The van der Waals surface area contributed by atoms with Crippen molar-refractivity contribution in [2.45, 2.75) is 23.3 Å². The molecule has 0 unspecified atom stereocenters. The minimum atomic E-state index is -0.182. The molecule has 1 N–H and O–H groups in total. The van der Waals surface area contributed by atoms with Gasteiger partial charge in [-0.05, 0) is 49.9 Å². The van der Waals surface area contributed by atoms with Gasteiger partial charge >= 0.3 is 0 Å². The van der Waals surface area contributed by atoms with Crippen molar-refractivity contribution in [3.05, 3.63) is 59.4 Å². The van der Waals surface area contributed by atoms with Gasteiger partial charge in [-0.1, -0.05) is 29.5 Å². The molecule has 0 fully saturated rings. The van der Waals surface area contributed by atoms with Gasteiger partial charge in [0.05, 0.1) is 0 Å². The normalized spacial score (nSPS) is 10.6. The van der Waals surface area contributed by atoms with E-state index in [-0.39, 0.29) is 5.82 Å². The van der Waals surface area contributed by atoms with Crippen molar-refractivity contribution in [3.8, 4) is 0 Å². The molecule has 0 aliphatic heterocycles. The highest BCUT2D eigenvalue weighted by Gasteiger charge is 2.03. The van der Waals surface area contributed by atoms with Crippen molar-refractivity contribution in [3.63, 3.8) is 0 Å². The SMILES string of the molecule is CNCc1cc(F)cc(Sc2cccc(C)c2)c1. The number of halogens is 1. The zero-order chi connectivity index (χ0) is 13.0.